The van der Waals surface area contributed by atoms with Gasteiger partial charge >= 0.3 is 5.97 Å². The first-order valence-corrected chi connectivity index (χ1v) is 12.7. The number of rotatable bonds is 7. The molecule has 3 aromatic rings. The van der Waals surface area contributed by atoms with Crippen molar-refractivity contribution in [2.45, 2.75) is 31.2 Å². The number of benzene rings is 2. The summed E-state index contributed by atoms with van der Waals surface area (Å²) in [5.41, 5.74) is -0.927. The van der Waals surface area contributed by atoms with Crippen molar-refractivity contribution in [3.05, 3.63) is 78.4 Å². The van der Waals surface area contributed by atoms with Gasteiger partial charge in [-0.2, -0.15) is 4.72 Å². The summed E-state index contributed by atoms with van der Waals surface area (Å²) in [6.45, 7) is 0. The molecule has 156 valence electrons. The molecule has 0 bridgehead atoms. The van der Waals surface area contributed by atoms with E-state index in [4.69, 9.17) is 0 Å². The number of carbonyl (C=O) groups is 1. The SMILES string of the molecule is O=C(O)C1(NS(=O)(=O)c2ccc(S(=O)(=O)c3ccccc3)s2)C[C@H]1c1ccccc1. The molecule has 2 N–H and O–H groups in total. The molecule has 1 aromatic heterocycles. The maximum absolute atomic E-state index is 12.9. The molecular weight excluding hydrogens is 446 g/mol. The molecule has 1 heterocycles. The van der Waals surface area contributed by atoms with E-state index in [1.807, 2.05) is 0 Å². The zero-order chi connectivity index (χ0) is 21.6. The van der Waals surface area contributed by atoms with Gasteiger partial charge < -0.3 is 5.11 Å². The van der Waals surface area contributed by atoms with Gasteiger partial charge in [-0.1, -0.05) is 48.5 Å². The molecule has 1 fully saturated rings. The number of sulfonamides is 1. The third kappa shape index (κ3) is 3.56. The predicted octanol–water partition coefficient (Wildman–Crippen LogP) is 2.87. The van der Waals surface area contributed by atoms with Crippen molar-refractivity contribution >= 4 is 37.2 Å². The molecule has 2 atom stereocenters. The van der Waals surface area contributed by atoms with Crippen molar-refractivity contribution in [2.24, 2.45) is 0 Å². The molecule has 4 rings (SSSR count). The maximum Gasteiger partial charge on any atom is 0.325 e. The minimum atomic E-state index is -4.24. The first-order chi connectivity index (χ1) is 14.2. The summed E-state index contributed by atoms with van der Waals surface area (Å²) in [5.74, 6) is -1.77. The van der Waals surface area contributed by atoms with E-state index in [0.717, 1.165) is 5.56 Å². The van der Waals surface area contributed by atoms with E-state index in [0.29, 0.717) is 11.3 Å². The van der Waals surface area contributed by atoms with Crippen molar-refractivity contribution in [1.29, 1.82) is 0 Å². The number of nitrogens with one attached hydrogen (secondary N) is 1. The van der Waals surface area contributed by atoms with Crippen LogP contribution in [0.1, 0.15) is 17.9 Å². The molecule has 10 heteroatoms. The lowest BCUT2D eigenvalue weighted by Gasteiger charge is -2.14. The highest BCUT2D eigenvalue weighted by Crippen LogP contribution is 2.52. The highest BCUT2D eigenvalue weighted by atomic mass is 32.3. The fourth-order valence-corrected chi connectivity index (χ4v) is 7.94. The average molecular weight is 464 g/mol. The summed E-state index contributed by atoms with van der Waals surface area (Å²) in [6, 6.07) is 18.9. The molecule has 0 aliphatic heterocycles. The quantitative estimate of drug-likeness (QED) is 0.556. The van der Waals surface area contributed by atoms with E-state index in [-0.39, 0.29) is 19.7 Å². The van der Waals surface area contributed by atoms with Crippen LogP contribution < -0.4 is 4.72 Å². The minimum absolute atomic E-state index is 0.0529. The van der Waals surface area contributed by atoms with Gasteiger partial charge in [0.05, 0.1) is 4.90 Å². The second-order valence-electron chi connectivity index (χ2n) is 6.94. The molecule has 2 aromatic carbocycles. The van der Waals surface area contributed by atoms with Gasteiger partial charge in [0.2, 0.25) is 9.84 Å². The van der Waals surface area contributed by atoms with Gasteiger partial charge in [0.15, 0.2) is 0 Å². The number of aliphatic carboxylic acids is 1. The molecule has 1 saturated carbocycles. The van der Waals surface area contributed by atoms with Gasteiger partial charge in [0.1, 0.15) is 14.0 Å². The van der Waals surface area contributed by atoms with Gasteiger partial charge in [0, 0.05) is 5.92 Å². The van der Waals surface area contributed by atoms with Crippen molar-refractivity contribution in [2.75, 3.05) is 0 Å². The van der Waals surface area contributed by atoms with Crippen LogP contribution in [0.5, 0.6) is 0 Å². The smallest absolute Gasteiger partial charge is 0.325 e. The van der Waals surface area contributed by atoms with Crippen LogP contribution in [0.3, 0.4) is 0 Å². The Morgan fingerprint density at radius 2 is 1.47 bits per heavy atom. The standard InChI is InChI=1S/C20H17NO6S3/c22-19(23)20(13-16(20)14-7-3-1-4-8-14)21-30(26,27)18-12-11-17(28-18)29(24,25)15-9-5-2-6-10-15/h1-12,16,21H,13H2,(H,22,23)/t16-,20?/m0/s1. The van der Waals surface area contributed by atoms with Crippen molar-refractivity contribution in [3.63, 3.8) is 0 Å². The van der Waals surface area contributed by atoms with Gasteiger partial charge in [0.25, 0.3) is 10.0 Å². The Bertz CT molecular complexity index is 1300. The zero-order valence-corrected chi connectivity index (χ0v) is 17.9. The summed E-state index contributed by atoms with van der Waals surface area (Å²) in [7, 11) is -8.11. The third-order valence-electron chi connectivity index (χ3n) is 5.00. The molecular formula is C20H17NO6S3. The van der Waals surface area contributed by atoms with E-state index in [9.17, 15) is 26.7 Å². The molecule has 7 nitrogen and oxygen atoms in total. The van der Waals surface area contributed by atoms with Crippen LogP contribution in [0.15, 0.2) is 86.1 Å². The Labute approximate surface area is 178 Å². The molecule has 1 aliphatic rings. The zero-order valence-electron chi connectivity index (χ0n) is 15.4. The summed E-state index contributed by atoms with van der Waals surface area (Å²) in [4.78, 5) is 12.0. The highest BCUT2D eigenvalue weighted by Gasteiger charge is 2.63. The summed E-state index contributed by atoms with van der Waals surface area (Å²) < 4.78 is 53.1. The predicted molar refractivity (Wildman–Crippen MR) is 111 cm³/mol. The molecule has 1 unspecified atom stereocenters. The number of carboxylic acid groups (broad SMARTS) is 1. The van der Waals surface area contributed by atoms with E-state index < -0.39 is 37.3 Å². The van der Waals surface area contributed by atoms with E-state index in [2.05, 4.69) is 4.72 Å². The second kappa shape index (κ2) is 7.31. The Kier molecular flexibility index (Phi) is 5.05. The monoisotopic (exact) mass is 463 g/mol. The molecule has 0 radical (unpaired) electrons. The van der Waals surface area contributed by atoms with E-state index >= 15 is 0 Å². The minimum Gasteiger partial charge on any atom is -0.480 e. The largest absolute Gasteiger partial charge is 0.480 e. The molecule has 0 saturated heterocycles. The summed E-state index contributed by atoms with van der Waals surface area (Å²) in [6.07, 6.45) is 0.117. The maximum atomic E-state index is 12.9. The first kappa shape index (κ1) is 20.7. The fraction of sp³-hybridized carbons (Fsp3) is 0.150. The van der Waals surface area contributed by atoms with Gasteiger partial charge in [-0.05, 0) is 36.2 Å². The lowest BCUT2D eigenvalue weighted by atomic mass is 10.1. The van der Waals surface area contributed by atoms with Crippen LogP contribution in [0.2, 0.25) is 0 Å². The normalized spacial score (nSPS) is 21.3. The van der Waals surface area contributed by atoms with Crippen LogP contribution >= 0.6 is 11.3 Å². The number of carboxylic acids is 1. The lowest BCUT2D eigenvalue weighted by Crippen LogP contribution is -2.44. The topological polar surface area (TPSA) is 118 Å². The third-order valence-corrected chi connectivity index (χ3v) is 10.3. The van der Waals surface area contributed by atoms with Crippen molar-refractivity contribution in [3.8, 4) is 0 Å². The molecule has 30 heavy (non-hydrogen) atoms. The molecule has 0 spiro atoms. The number of sulfone groups is 1. The number of hydrogen-bond donors (Lipinski definition) is 2. The van der Waals surface area contributed by atoms with Crippen LogP contribution in [0, 0.1) is 0 Å². The second-order valence-corrected chi connectivity index (χ2v) is 12.1. The van der Waals surface area contributed by atoms with E-state index in [1.165, 1.54) is 24.3 Å². The summed E-state index contributed by atoms with van der Waals surface area (Å²) >= 11 is 0.587. The Morgan fingerprint density at radius 1 is 0.900 bits per heavy atom. The van der Waals surface area contributed by atoms with Gasteiger partial charge in [-0.25, -0.2) is 16.8 Å². The van der Waals surface area contributed by atoms with Crippen molar-refractivity contribution < 1.29 is 26.7 Å². The Balaban J connectivity index is 1.63. The van der Waals surface area contributed by atoms with E-state index in [1.54, 1.807) is 48.5 Å². The van der Waals surface area contributed by atoms with Gasteiger partial charge in [-0.15, -0.1) is 11.3 Å². The molecule has 0 amide bonds. The van der Waals surface area contributed by atoms with Crippen LogP contribution in [0.4, 0.5) is 0 Å². The molecule has 1 aliphatic carbocycles. The van der Waals surface area contributed by atoms with Crippen LogP contribution in [0.25, 0.3) is 0 Å². The average Bonchev–Trinajstić information content (AvgIpc) is 3.21. The number of thiophene rings is 1. The Hall–Kier alpha value is -2.53. The van der Waals surface area contributed by atoms with Gasteiger partial charge in [-0.3, -0.25) is 4.79 Å². The summed E-state index contributed by atoms with van der Waals surface area (Å²) in [5, 5.41) is 9.71. The number of hydrogen-bond acceptors (Lipinski definition) is 6. The van der Waals surface area contributed by atoms with Crippen molar-refractivity contribution in [1.82, 2.24) is 4.72 Å². The lowest BCUT2D eigenvalue weighted by molar-refractivity contribution is -0.140. The first-order valence-electron chi connectivity index (χ1n) is 8.89. The Morgan fingerprint density at radius 3 is 2.07 bits per heavy atom. The van der Waals surface area contributed by atoms with Crippen LogP contribution in [-0.4, -0.2) is 33.5 Å². The fourth-order valence-electron chi connectivity index (χ4n) is 3.34. The van der Waals surface area contributed by atoms with Crippen LogP contribution in [-0.2, 0) is 24.7 Å². The highest BCUT2D eigenvalue weighted by molar-refractivity contribution is 7.95.